The highest BCUT2D eigenvalue weighted by Gasteiger charge is 2.26. The average molecular weight is 550 g/mol. The summed E-state index contributed by atoms with van der Waals surface area (Å²) in [7, 11) is 0. The predicted octanol–water partition coefficient (Wildman–Crippen LogP) is 3.74. The van der Waals surface area contributed by atoms with Crippen LogP contribution in [0.4, 0.5) is 15.8 Å². The van der Waals surface area contributed by atoms with Crippen LogP contribution in [0.2, 0.25) is 5.02 Å². The molecule has 0 aliphatic carbocycles. The molecule has 39 heavy (non-hydrogen) atoms. The first-order valence-corrected chi connectivity index (χ1v) is 13.3. The van der Waals surface area contributed by atoms with E-state index in [9.17, 15) is 18.8 Å². The third-order valence-corrected chi connectivity index (χ3v) is 7.22. The second-order valence-electron chi connectivity index (χ2n) is 9.52. The summed E-state index contributed by atoms with van der Waals surface area (Å²) < 4.78 is 13.3. The SMILES string of the molecule is O=C(Nc1cc(C(=O)N2CCNCC2)ccc1N1CCN(C(=O)c2ccc(F)cc2)CC1)c1cccc(Cl)c1. The molecule has 0 bridgehead atoms. The van der Waals surface area contributed by atoms with Gasteiger partial charge < -0.3 is 25.3 Å². The number of nitrogens with zero attached hydrogens (tertiary/aromatic N) is 3. The molecule has 0 radical (unpaired) electrons. The Kier molecular flexibility index (Phi) is 8.09. The molecule has 0 unspecified atom stereocenters. The standard InChI is InChI=1S/C29H29ClFN5O3/c30-23-3-1-2-21(18-23)27(37)33-25-19-22(29(39)35-12-10-32-11-13-35)6-9-26(25)34-14-16-36(17-15-34)28(38)20-4-7-24(31)8-5-20/h1-9,18-19,32H,10-17H2,(H,33,37). The second-order valence-corrected chi connectivity index (χ2v) is 9.96. The molecule has 2 fully saturated rings. The maximum absolute atomic E-state index is 13.3. The number of amides is 3. The minimum absolute atomic E-state index is 0.0870. The van der Waals surface area contributed by atoms with Crippen molar-refractivity contribution in [1.29, 1.82) is 0 Å². The zero-order valence-corrected chi connectivity index (χ0v) is 22.1. The smallest absolute Gasteiger partial charge is 0.255 e. The number of rotatable bonds is 5. The minimum atomic E-state index is -0.386. The Bertz CT molecular complexity index is 1370. The van der Waals surface area contributed by atoms with Crippen LogP contribution in [0.5, 0.6) is 0 Å². The molecule has 2 saturated heterocycles. The fourth-order valence-electron chi connectivity index (χ4n) is 4.85. The lowest BCUT2D eigenvalue weighted by Gasteiger charge is -2.37. The Hall–Kier alpha value is -3.95. The molecule has 5 rings (SSSR count). The molecule has 3 aromatic rings. The van der Waals surface area contributed by atoms with Gasteiger partial charge in [0, 0.05) is 74.1 Å². The van der Waals surface area contributed by atoms with E-state index in [1.807, 2.05) is 6.07 Å². The van der Waals surface area contributed by atoms with Crippen molar-refractivity contribution in [2.45, 2.75) is 0 Å². The Balaban J connectivity index is 1.36. The Labute approximate surface area is 231 Å². The van der Waals surface area contributed by atoms with E-state index >= 15 is 0 Å². The number of halogens is 2. The fourth-order valence-corrected chi connectivity index (χ4v) is 5.04. The van der Waals surface area contributed by atoms with Gasteiger partial charge in [-0.3, -0.25) is 14.4 Å². The molecular weight excluding hydrogens is 521 g/mol. The molecule has 2 aliphatic heterocycles. The fraction of sp³-hybridized carbons (Fsp3) is 0.276. The summed E-state index contributed by atoms with van der Waals surface area (Å²) in [6.45, 7) is 4.69. The summed E-state index contributed by atoms with van der Waals surface area (Å²) in [5, 5.41) is 6.67. The van der Waals surface area contributed by atoms with Crippen molar-refractivity contribution in [1.82, 2.24) is 15.1 Å². The molecule has 2 N–H and O–H groups in total. The highest BCUT2D eigenvalue weighted by molar-refractivity contribution is 6.31. The first kappa shape index (κ1) is 26.6. The highest BCUT2D eigenvalue weighted by Crippen LogP contribution is 2.30. The number of hydrogen-bond donors (Lipinski definition) is 2. The van der Waals surface area contributed by atoms with E-state index < -0.39 is 0 Å². The van der Waals surface area contributed by atoms with Crippen LogP contribution in [-0.2, 0) is 0 Å². The first-order chi connectivity index (χ1) is 18.9. The molecule has 10 heteroatoms. The van der Waals surface area contributed by atoms with Gasteiger partial charge in [0.15, 0.2) is 0 Å². The number of piperazine rings is 2. The van der Waals surface area contributed by atoms with Crippen LogP contribution in [0.25, 0.3) is 0 Å². The van der Waals surface area contributed by atoms with E-state index in [1.165, 1.54) is 24.3 Å². The molecule has 0 aromatic heterocycles. The lowest BCUT2D eigenvalue weighted by Crippen LogP contribution is -2.49. The molecule has 2 aliphatic rings. The van der Waals surface area contributed by atoms with E-state index in [4.69, 9.17) is 11.6 Å². The number of hydrogen-bond acceptors (Lipinski definition) is 5. The first-order valence-electron chi connectivity index (χ1n) is 12.9. The van der Waals surface area contributed by atoms with Gasteiger partial charge in [0.05, 0.1) is 11.4 Å². The van der Waals surface area contributed by atoms with Gasteiger partial charge in [-0.1, -0.05) is 17.7 Å². The molecule has 0 spiro atoms. The van der Waals surface area contributed by atoms with Gasteiger partial charge in [-0.2, -0.15) is 0 Å². The van der Waals surface area contributed by atoms with E-state index in [2.05, 4.69) is 15.5 Å². The number of nitrogens with one attached hydrogen (secondary N) is 2. The van der Waals surface area contributed by atoms with Crippen LogP contribution in [0, 0.1) is 5.82 Å². The molecule has 0 saturated carbocycles. The zero-order chi connectivity index (χ0) is 27.4. The van der Waals surface area contributed by atoms with Gasteiger partial charge in [0.1, 0.15) is 5.82 Å². The number of benzene rings is 3. The lowest BCUT2D eigenvalue weighted by atomic mass is 10.1. The van der Waals surface area contributed by atoms with Crippen molar-refractivity contribution in [3.8, 4) is 0 Å². The van der Waals surface area contributed by atoms with Gasteiger partial charge in [-0.25, -0.2) is 4.39 Å². The molecule has 2 heterocycles. The van der Waals surface area contributed by atoms with Gasteiger partial charge in [-0.05, 0) is 60.7 Å². The molecule has 0 atom stereocenters. The van der Waals surface area contributed by atoms with Crippen LogP contribution in [0.3, 0.4) is 0 Å². The van der Waals surface area contributed by atoms with Crippen molar-refractivity contribution in [3.63, 3.8) is 0 Å². The zero-order valence-electron chi connectivity index (χ0n) is 21.3. The van der Waals surface area contributed by atoms with Crippen molar-refractivity contribution >= 4 is 40.7 Å². The lowest BCUT2D eigenvalue weighted by molar-refractivity contribution is 0.0731. The van der Waals surface area contributed by atoms with Crippen LogP contribution in [-0.4, -0.2) is 79.9 Å². The summed E-state index contributed by atoms with van der Waals surface area (Å²) >= 11 is 6.09. The van der Waals surface area contributed by atoms with E-state index in [-0.39, 0.29) is 23.5 Å². The van der Waals surface area contributed by atoms with Crippen molar-refractivity contribution in [2.24, 2.45) is 0 Å². The van der Waals surface area contributed by atoms with Crippen LogP contribution >= 0.6 is 11.6 Å². The molecule has 8 nitrogen and oxygen atoms in total. The largest absolute Gasteiger partial charge is 0.366 e. The number of carbonyl (C=O) groups excluding carboxylic acids is 3. The van der Waals surface area contributed by atoms with Gasteiger partial charge in [0.25, 0.3) is 17.7 Å². The summed E-state index contributed by atoms with van der Waals surface area (Å²) in [4.78, 5) is 44.8. The topological polar surface area (TPSA) is 85.0 Å². The quantitative estimate of drug-likeness (QED) is 0.506. The summed E-state index contributed by atoms with van der Waals surface area (Å²) in [5.41, 5.74) is 2.61. The number of anilines is 2. The van der Waals surface area contributed by atoms with Crippen molar-refractivity contribution in [2.75, 3.05) is 62.6 Å². The van der Waals surface area contributed by atoms with Crippen molar-refractivity contribution in [3.05, 3.63) is 94.3 Å². The van der Waals surface area contributed by atoms with E-state index in [0.29, 0.717) is 66.7 Å². The maximum Gasteiger partial charge on any atom is 0.255 e. The summed E-state index contributed by atoms with van der Waals surface area (Å²) in [6.07, 6.45) is 0. The predicted molar refractivity (Wildman–Crippen MR) is 149 cm³/mol. The van der Waals surface area contributed by atoms with Crippen LogP contribution in [0.15, 0.2) is 66.7 Å². The van der Waals surface area contributed by atoms with Gasteiger partial charge in [-0.15, -0.1) is 0 Å². The Morgan fingerprint density at radius 2 is 1.38 bits per heavy atom. The molecule has 202 valence electrons. The molecule has 3 aromatic carbocycles. The highest BCUT2D eigenvalue weighted by atomic mass is 35.5. The van der Waals surface area contributed by atoms with Gasteiger partial charge >= 0.3 is 0 Å². The minimum Gasteiger partial charge on any atom is -0.366 e. The summed E-state index contributed by atoms with van der Waals surface area (Å²) in [5.74, 6) is -0.963. The average Bonchev–Trinajstić information content (AvgIpc) is 2.97. The third-order valence-electron chi connectivity index (χ3n) is 6.98. The third kappa shape index (κ3) is 6.21. The number of carbonyl (C=O) groups is 3. The van der Waals surface area contributed by atoms with Gasteiger partial charge in [0.2, 0.25) is 0 Å². The normalized spacial score (nSPS) is 15.7. The Morgan fingerprint density at radius 1 is 0.744 bits per heavy atom. The Morgan fingerprint density at radius 3 is 2.08 bits per heavy atom. The van der Waals surface area contributed by atoms with E-state index in [1.54, 1.807) is 46.2 Å². The molecular formula is C29H29ClFN5O3. The van der Waals surface area contributed by atoms with Crippen LogP contribution in [0.1, 0.15) is 31.1 Å². The monoisotopic (exact) mass is 549 g/mol. The van der Waals surface area contributed by atoms with Crippen molar-refractivity contribution < 1.29 is 18.8 Å². The van der Waals surface area contributed by atoms with Crippen LogP contribution < -0.4 is 15.5 Å². The molecule has 3 amide bonds. The summed E-state index contributed by atoms with van der Waals surface area (Å²) in [6, 6.07) is 17.6. The maximum atomic E-state index is 13.3. The van der Waals surface area contributed by atoms with E-state index in [0.717, 1.165) is 18.8 Å². The second kappa shape index (κ2) is 11.8.